The number of hydrogen-bond acceptors (Lipinski definition) is 3. The molecule has 0 amide bonds. The molecule has 0 aliphatic carbocycles. The van der Waals surface area contributed by atoms with Crippen LogP contribution in [0.3, 0.4) is 0 Å². The van der Waals surface area contributed by atoms with E-state index >= 15 is 0 Å². The molecule has 0 saturated carbocycles. The van der Waals surface area contributed by atoms with Crippen LogP contribution < -0.4 is 10.2 Å². The Bertz CT molecular complexity index is 462. The van der Waals surface area contributed by atoms with E-state index in [1.807, 2.05) is 13.0 Å². The molecule has 1 aliphatic heterocycles. The molecule has 3 nitrogen and oxygen atoms in total. The highest BCUT2D eigenvalue weighted by Gasteiger charge is 2.31. The standard InChI is InChI=1S/C16H25ClN2O/c1-4-8-18-12(2)14-6-5-13(10-15(14)17)19-9-7-16(3,20)11-19/h5-6,10,12,18,20H,4,7-9,11H2,1-3H3. The highest BCUT2D eigenvalue weighted by atomic mass is 35.5. The first kappa shape index (κ1) is 15.6. The van der Waals surface area contributed by atoms with Crippen LogP contribution in [-0.4, -0.2) is 30.3 Å². The van der Waals surface area contributed by atoms with Crippen molar-refractivity contribution in [3.8, 4) is 0 Å². The molecular formula is C16H25ClN2O. The summed E-state index contributed by atoms with van der Waals surface area (Å²) in [5, 5.41) is 14.3. The fraction of sp³-hybridized carbons (Fsp3) is 0.625. The van der Waals surface area contributed by atoms with Crippen LogP contribution in [0.2, 0.25) is 5.02 Å². The molecule has 0 spiro atoms. The van der Waals surface area contributed by atoms with Gasteiger partial charge >= 0.3 is 0 Å². The van der Waals surface area contributed by atoms with Crippen LogP contribution in [0, 0.1) is 0 Å². The van der Waals surface area contributed by atoms with E-state index in [1.165, 1.54) is 0 Å². The lowest BCUT2D eigenvalue weighted by molar-refractivity contribution is 0.0839. The van der Waals surface area contributed by atoms with Crippen molar-refractivity contribution in [2.45, 2.75) is 45.3 Å². The van der Waals surface area contributed by atoms with Crippen LogP contribution >= 0.6 is 11.6 Å². The van der Waals surface area contributed by atoms with E-state index in [9.17, 15) is 5.11 Å². The number of benzene rings is 1. The first-order valence-corrected chi connectivity index (χ1v) is 7.81. The number of rotatable bonds is 5. The zero-order chi connectivity index (χ0) is 14.8. The quantitative estimate of drug-likeness (QED) is 0.874. The number of β-amino-alcohol motifs (C(OH)–C–C–N with tert-alkyl or cyclic N) is 1. The predicted octanol–water partition coefficient (Wildman–Crippen LogP) is 3.36. The molecule has 20 heavy (non-hydrogen) atoms. The Morgan fingerprint density at radius 2 is 2.25 bits per heavy atom. The average Bonchev–Trinajstić information content (AvgIpc) is 2.76. The van der Waals surface area contributed by atoms with E-state index in [2.05, 4.69) is 36.2 Å². The van der Waals surface area contributed by atoms with Crippen LogP contribution in [0.5, 0.6) is 0 Å². The Hall–Kier alpha value is -0.770. The number of hydrogen-bond donors (Lipinski definition) is 2. The van der Waals surface area contributed by atoms with E-state index < -0.39 is 5.60 Å². The van der Waals surface area contributed by atoms with Crippen molar-refractivity contribution < 1.29 is 5.11 Å². The van der Waals surface area contributed by atoms with E-state index in [1.54, 1.807) is 0 Å². The molecule has 2 N–H and O–H groups in total. The Labute approximate surface area is 126 Å². The highest BCUT2D eigenvalue weighted by Crippen LogP contribution is 2.31. The van der Waals surface area contributed by atoms with Crippen LogP contribution in [0.25, 0.3) is 0 Å². The SMILES string of the molecule is CCCNC(C)c1ccc(N2CCC(C)(O)C2)cc1Cl. The van der Waals surface area contributed by atoms with Gasteiger partial charge in [0.15, 0.2) is 0 Å². The largest absolute Gasteiger partial charge is 0.388 e. The molecule has 1 aromatic carbocycles. The van der Waals surface area contributed by atoms with Gasteiger partial charge in [-0.05, 0) is 50.9 Å². The van der Waals surface area contributed by atoms with Gasteiger partial charge in [-0.25, -0.2) is 0 Å². The van der Waals surface area contributed by atoms with E-state index in [-0.39, 0.29) is 6.04 Å². The summed E-state index contributed by atoms with van der Waals surface area (Å²) in [4.78, 5) is 2.19. The lowest BCUT2D eigenvalue weighted by Crippen LogP contribution is -2.29. The number of anilines is 1. The first-order valence-electron chi connectivity index (χ1n) is 7.43. The minimum atomic E-state index is -0.582. The van der Waals surface area contributed by atoms with Crippen molar-refractivity contribution in [3.63, 3.8) is 0 Å². The van der Waals surface area contributed by atoms with Crippen molar-refractivity contribution in [1.29, 1.82) is 0 Å². The summed E-state index contributed by atoms with van der Waals surface area (Å²) in [6, 6.07) is 6.48. The summed E-state index contributed by atoms with van der Waals surface area (Å²) in [7, 11) is 0. The smallest absolute Gasteiger partial charge is 0.0810 e. The molecule has 2 unspecified atom stereocenters. The third-order valence-electron chi connectivity index (χ3n) is 3.97. The van der Waals surface area contributed by atoms with Crippen molar-refractivity contribution >= 4 is 17.3 Å². The third-order valence-corrected chi connectivity index (χ3v) is 4.30. The van der Waals surface area contributed by atoms with E-state index in [0.717, 1.165) is 42.2 Å². The summed E-state index contributed by atoms with van der Waals surface area (Å²) in [5.74, 6) is 0. The summed E-state index contributed by atoms with van der Waals surface area (Å²) in [6.45, 7) is 8.73. The van der Waals surface area contributed by atoms with Crippen molar-refractivity contribution in [2.75, 3.05) is 24.5 Å². The molecule has 0 aromatic heterocycles. The molecule has 2 atom stereocenters. The van der Waals surface area contributed by atoms with Gasteiger partial charge in [-0.1, -0.05) is 24.6 Å². The molecule has 4 heteroatoms. The lowest BCUT2D eigenvalue weighted by Gasteiger charge is -2.22. The zero-order valence-electron chi connectivity index (χ0n) is 12.6. The van der Waals surface area contributed by atoms with Gasteiger partial charge in [-0.15, -0.1) is 0 Å². The zero-order valence-corrected chi connectivity index (χ0v) is 13.4. The maximum absolute atomic E-state index is 10.1. The Morgan fingerprint density at radius 3 is 2.80 bits per heavy atom. The van der Waals surface area contributed by atoms with E-state index in [0.29, 0.717) is 6.54 Å². The minimum absolute atomic E-state index is 0.262. The molecule has 0 bridgehead atoms. The lowest BCUT2D eigenvalue weighted by atomic mass is 10.1. The average molecular weight is 297 g/mol. The van der Waals surface area contributed by atoms with Gasteiger partial charge in [0.2, 0.25) is 0 Å². The third kappa shape index (κ3) is 3.66. The summed E-state index contributed by atoms with van der Waals surface area (Å²) < 4.78 is 0. The molecule has 112 valence electrons. The summed E-state index contributed by atoms with van der Waals surface area (Å²) in [5.41, 5.74) is 1.65. The molecule has 1 aromatic rings. The molecule has 1 heterocycles. The molecule has 1 aliphatic rings. The van der Waals surface area contributed by atoms with Crippen molar-refractivity contribution in [1.82, 2.24) is 5.32 Å². The van der Waals surface area contributed by atoms with E-state index in [4.69, 9.17) is 11.6 Å². The predicted molar refractivity (Wildman–Crippen MR) is 85.6 cm³/mol. The number of aliphatic hydroxyl groups is 1. The molecule has 0 radical (unpaired) electrons. The van der Waals surface area contributed by atoms with Gasteiger partial charge in [0.25, 0.3) is 0 Å². The minimum Gasteiger partial charge on any atom is -0.388 e. The highest BCUT2D eigenvalue weighted by molar-refractivity contribution is 6.31. The van der Waals surface area contributed by atoms with Gasteiger partial charge in [-0.3, -0.25) is 0 Å². The second kappa shape index (κ2) is 6.33. The number of halogens is 1. The monoisotopic (exact) mass is 296 g/mol. The fourth-order valence-corrected chi connectivity index (χ4v) is 3.04. The number of nitrogens with zero attached hydrogens (tertiary/aromatic N) is 1. The maximum atomic E-state index is 10.1. The molecule has 1 fully saturated rings. The van der Waals surface area contributed by atoms with Gasteiger partial charge < -0.3 is 15.3 Å². The second-order valence-corrected chi connectivity index (χ2v) is 6.46. The van der Waals surface area contributed by atoms with Gasteiger partial charge in [0.1, 0.15) is 0 Å². The van der Waals surface area contributed by atoms with Gasteiger partial charge in [0.05, 0.1) is 5.60 Å². The Morgan fingerprint density at radius 1 is 1.50 bits per heavy atom. The second-order valence-electron chi connectivity index (χ2n) is 6.05. The number of nitrogens with one attached hydrogen (secondary N) is 1. The first-order chi connectivity index (χ1) is 9.43. The van der Waals surface area contributed by atoms with Crippen LogP contribution in [-0.2, 0) is 0 Å². The van der Waals surface area contributed by atoms with Crippen LogP contribution in [0.4, 0.5) is 5.69 Å². The van der Waals surface area contributed by atoms with Gasteiger partial charge in [0, 0.05) is 29.8 Å². The maximum Gasteiger partial charge on any atom is 0.0810 e. The normalized spacial score (nSPS) is 24.1. The van der Waals surface area contributed by atoms with Crippen molar-refractivity contribution in [3.05, 3.63) is 28.8 Å². The molecule has 1 saturated heterocycles. The van der Waals surface area contributed by atoms with Crippen LogP contribution in [0.1, 0.15) is 45.2 Å². The fourth-order valence-electron chi connectivity index (χ4n) is 2.70. The van der Waals surface area contributed by atoms with Gasteiger partial charge in [-0.2, -0.15) is 0 Å². The topological polar surface area (TPSA) is 35.5 Å². The van der Waals surface area contributed by atoms with Crippen molar-refractivity contribution in [2.24, 2.45) is 0 Å². The summed E-state index contributed by atoms with van der Waals surface area (Å²) >= 11 is 6.42. The summed E-state index contributed by atoms with van der Waals surface area (Å²) in [6.07, 6.45) is 1.92. The Kier molecular flexibility index (Phi) is 4.95. The molecule has 2 rings (SSSR count). The Balaban J connectivity index is 2.10. The van der Waals surface area contributed by atoms with Crippen LogP contribution in [0.15, 0.2) is 18.2 Å². The molecular weight excluding hydrogens is 272 g/mol.